The molecule has 1 spiro atoms. The molecule has 3 heteroatoms. The molecular formula is C19H20N2O. The van der Waals surface area contributed by atoms with Crippen LogP contribution in [0.15, 0.2) is 54.6 Å². The van der Waals surface area contributed by atoms with Crippen molar-refractivity contribution in [3.63, 3.8) is 0 Å². The van der Waals surface area contributed by atoms with E-state index in [2.05, 4.69) is 35.2 Å². The van der Waals surface area contributed by atoms with E-state index in [1.807, 2.05) is 36.2 Å². The molecule has 1 heterocycles. The second-order valence-electron chi connectivity index (χ2n) is 6.47. The van der Waals surface area contributed by atoms with Gasteiger partial charge < -0.3 is 9.80 Å². The number of anilines is 1. The second-order valence-corrected chi connectivity index (χ2v) is 6.47. The first-order valence-electron chi connectivity index (χ1n) is 7.86. The Kier molecular flexibility index (Phi) is 2.96. The third-order valence-electron chi connectivity index (χ3n) is 4.89. The molecule has 112 valence electrons. The van der Waals surface area contributed by atoms with Gasteiger partial charge >= 0.3 is 0 Å². The highest BCUT2D eigenvalue weighted by Crippen LogP contribution is 2.48. The van der Waals surface area contributed by atoms with E-state index in [1.54, 1.807) is 0 Å². The quantitative estimate of drug-likeness (QED) is 0.848. The Labute approximate surface area is 131 Å². The number of amides is 1. The van der Waals surface area contributed by atoms with E-state index < -0.39 is 0 Å². The Morgan fingerprint density at radius 1 is 1.00 bits per heavy atom. The van der Waals surface area contributed by atoms with Crippen LogP contribution in [-0.2, 0) is 6.54 Å². The fourth-order valence-corrected chi connectivity index (χ4v) is 3.54. The fourth-order valence-electron chi connectivity index (χ4n) is 3.54. The summed E-state index contributed by atoms with van der Waals surface area (Å²) >= 11 is 0. The van der Waals surface area contributed by atoms with E-state index in [0.717, 1.165) is 37.2 Å². The number of hydrogen-bond donors (Lipinski definition) is 0. The number of carbonyl (C=O) groups excluding carboxylic acids is 1. The van der Waals surface area contributed by atoms with Crippen LogP contribution in [0.25, 0.3) is 0 Å². The first-order valence-corrected chi connectivity index (χ1v) is 7.86. The molecule has 0 atom stereocenters. The van der Waals surface area contributed by atoms with E-state index in [9.17, 15) is 4.79 Å². The molecule has 0 radical (unpaired) electrons. The normalized spacial score (nSPS) is 19.0. The summed E-state index contributed by atoms with van der Waals surface area (Å²) in [5, 5.41) is 0. The third-order valence-corrected chi connectivity index (χ3v) is 4.89. The van der Waals surface area contributed by atoms with Crippen molar-refractivity contribution < 1.29 is 4.79 Å². The highest BCUT2D eigenvalue weighted by Gasteiger charge is 2.51. The number of likely N-dealkylation sites (N-methyl/N-ethyl adjacent to an activating group) is 1. The molecule has 1 aliphatic carbocycles. The number of benzene rings is 2. The molecule has 2 aromatic rings. The van der Waals surface area contributed by atoms with Crippen LogP contribution < -0.4 is 4.90 Å². The average molecular weight is 292 g/mol. The summed E-state index contributed by atoms with van der Waals surface area (Å²) in [6, 6.07) is 18.6. The Bertz CT molecular complexity index is 706. The van der Waals surface area contributed by atoms with Gasteiger partial charge in [0.15, 0.2) is 0 Å². The number of hydrogen-bond acceptors (Lipinski definition) is 2. The molecule has 0 bridgehead atoms. The average Bonchev–Trinajstić information content (AvgIpc) is 3.33. The number of para-hydroxylation sites is 1. The summed E-state index contributed by atoms with van der Waals surface area (Å²) in [5.41, 5.74) is 3.32. The molecule has 1 aliphatic heterocycles. The zero-order valence-electron chi connectivity index (χ0n) is 12.8. The molecule has 1 saturated carbocycles. The van der Waals surface area contributed by atoms with Crippen molar-refractivity contribution in [2.24, 2.45) is 0 Å². The summed E-state index contributed by atoms with van der Waals surface area (Å²) < 4.78 is 0. The molecule has 1 fully saturated rings. The van der Waals surface area contributed by atoms with Crippen LogP contribution in [0.5, 0.6) is 0 Å². The van der Waals surface area contributed by atoms with Crippen LogP contribution in [0.2, 0.25) is 0 Å². The Hall–Kier alpha value is -2.29. The topological polar surface area (TPSA) is 23.6 Å². The number of nitrogens with zero attached hydrogens (tertiary/aromatic N) is 2. The molecule has 1 amide bonds. The van der Waals surface area contributed by atoms with Gasteiger partial charge in [-0.05, 0) is 30.5 Å². The lowest BCUT2D eigenvalue weighted by molar-refractivity contribution is 0.0790. The number of rotatable bonds is 2. The predicted molar refractivity (Wildman–Crippen MR) is 88.0 cm³/mol. The molecule has 22 heavy (non-hydrogen) atoms. The second kappa shape index (κ2) is 4.87. The lowest BCUT2D eigenvalue weighted by Crippen LogP contribution is -2.43. The maximum Gasteiger partial charge on any atom is 0.255 e. The van der Waals surface area contributed by atoms with Crippen molar-refractivity contribution in [3.05, 3.63) is 65.7 Å². The van der Waals surface area contributed by atoms with E-state index in [4.69, 9.17) is 0 Å². The smallest absolute Gasteiger partial charge is 0.255 e. The molecule has 4 rings (SSSR count). The van der Waals surface area contributed by atoms with Crippen LogP contribution in [0.4, 0.5) is 5.69 Å². The van der Waals surface area contributed by atoms with Gasteiger partial charge in [-0.25, -0.2) is 0 Å². The van der Waals surface area contributed by atoms with Gasteiger partial charge in [-0.2, -0.15) is 0 Å². The summed E-state index contributed by atoms with van der Waals surface area (Å²) in [4.78, 5) is 17.0. The van der Waals surface area contributed by atoms with Crippen LogP contribution >= 0.6 is 0 Å². The van der Waals surface area contributed by atoms with Crippen LogP contribution in [-0.4, -0.2) is 29.9 Å². The van der Waals surface area contributed by atoms with Gasteiger partial charge in [0, 0.05) is 20.1 Å². The van der Waals surface area contributed by atoms with E-state index in [-0.39, 0.29) is 11.4 Å². The summed E-state index contributed by atoms with van der Waals surface area (Å²) in [6.07, 6.45) is 2.32. The monoisotopic (exact) mass is 292 g/mol. The Morgan fingerprint density at radius 2 is 1.68 bits per heavy atom. The third kappa shape index (κ3) is 2.08. The highest BCUT2D eigenvalue weighted by atomic mass is 16.2. The zero-order valence-corrected chi connectivity index (χ0v) is 12.8. The van der Waals surface area contributed by atoms with Crippen LogP contribution in [0, 0.1) is 0 Å². The number of fused-ring (bicyclic) bond motifs is 1. The van der Waals surface area contributed by atoms with Crippen LogP contribution in [0.3, 0.4) is 0 Å². The molecule has 0 N–H and O–H groups in total. The van der Waals surface area contributed by atoms with Gasteiger partial charge in [0.05, 0.1) is 16.8 Å². The summed E-state index contributed by atoms with van der Waals surface area (Å²) in [5.74, 6) is 0.137. The maximum atomic E-state index is 12.6. The highest BCUT2D eigenvalue weighted by molar-refractivity contribution is 6.00. The molecule has 0 saturated heterocycles. The van der Waals surface area contributed by atoms with Gasteiger partial charge in [0.1, 0.15) is 0 Å². The minimum Gasteiger partial charge on any atom is -0.359 e. The number of carbonyl (C=O) groups is 1. The lowest BCUT2D eigenvalue weighted by atomic mass is 10.1. The zero-order chi connectivity index (χ0) is 15.2. The minimum absolute atomic E-state index is 0.118. The molecule has 0 aromatic heterocycles. The standard InChI is InChI=1S/C19H20N2O/c1-20-14-19(11-12-19)21(13-15-7-3-2-4-8-15)17-10-6-5-9-16(17)18(20)22/h2-10H,11-14H2,1H3. The van der Waals surface area contributed by atoms with Crippen molar-refractivity contribution >= 4 is 11.6 Å². The largest absolute Gasteiger partial charge is 0.359 e. The molecule has 2 aromatic carbocycles. The molecule has 0 unspecified atom stereocenters. The minimum atomic E-state index is 0.118. The Balaban J connectivity index is 1.80. The van der Waals surface area contributed by atoms with Crippen molar-refractivity contribution in [3.8, 4) is 0 Å². The predicted octanol–water partition coefficient (Wildman–Crippen LogP) is 3.31. The molecule has 3 nitrogen and oxygen atoms in total. The molecule has 2 aliphatic rings. The SMILES string of the molecule is CN1CC2(CC2)N(Cc2ccccc2)c2ccccc2C1=O. The van der Waals surface area contributed by atoms with Crippen molar-refractivity contribution in [1.29, 1.82) is 0 Å². The van der Waals surface area contributed by atoms with Gasteiger partial charge in [-0.15, -0.1) is 0 Å². The van der Waals surface area contributed by atoms with Gasteiger partial charge in [-0.1, -0.05) is 42.5 Å². The maximum absolute atomic E-state index is 12.6. The van der Waals surface area contributed by atoms with Gasteiger partial charge in [-0.3, -0.25) is 4.79 Å². The fraction of sp³-hybridized carbons (Fsp3) is 0.316. The van der Waals surface area contributed by atoms with E-state index in [1.165, 1.54) is 5.56 Å². The van der Waals surface area contributed by atoms with E-state index in [0.29, 0.717) is 0 Å². The van der Waals surface area contributed by atoms with Gasteiger partial charge in [0.25, 0.3) is 5.91 Å². The van der Waals surface area contributed by atoms with Crippen molar-refractivity contribution in [1.82, 2.24) is 4.90 Å². The first-order chi connectivity index (χ1) is 10.7. The van der Waals surface area contributed by atoms with E-state index >= 15 is 0 Å². The van der Waals surface area contributed by atoms with Crippen molar-refractivity contribution in [2.45, 2.75) is 24.9 Å². The van der Waals surface area contributed by atoms with Gasteiger partial charge in [0.2, 0.25) is 0 Å². The summed E-state index contributed by atoms with van der Waals surface area (Å²) in [7, 11) is 1.92. The Morgan fingerprint density at radius 3 is 2.41 bits per heavy atom. The van der Waals surface area contributed by atoms with Crippen molar-refractivity contribution in [2.75, 3.05) is 18.5 Å². The summed E-state index contributed by atoms with van der Waals surface area (Å²) in [6.45, 7) is 1.67. The van der Waals surface area contributed by atoms with Crippen LogP contribution in [0.1, 0.15) is 28.8 Å². The lowest BCUT2D eigenvalue weighted by Gasteiger charge is -2.34. The first kappa shape index (κ1) is 13.4. The molecular weight excluding hydrogens is 272 g/mol.